The fraction of sp³-hybridized carbons (Fsp3) is 0.560. The van der Waals surface area contributed by atoms with E-state index in [0.717, 1.165) is 38.1 Å². The van der Waals surface area contributed by atoms with Gasteiger partial charge in [-0.1, -0.05) is 74.9 Å². The predicted molar refractivity (Wildman–Crippen MR) is 122 cm³/mol. The van der Waals surface area contributed by atoms with Crippen LogP contribution in [0.4, 0.5) is 0 Å². The quantitative estimate of drug-likeness (QED) is 0.490. The third-order valence-corrected chi connectivity index (χ3v) is 6.21. The van der Waals surface area contributed by atoms with E-state index in [4.69, 9.17) is 5.73 Å². The monoisotopic (exact) mass is 395 g/mol. The topological polar surface area (TPSA) is 67.1 Å². The Balaban J connectivity index is 1.51. The molecule has 0 aliphatic heterocycles. The van der Waals surface area contributed by atoms with Crippen molar-refractivity contribution in [3.63, 3.8) is 0 Å². The van der Waals surface area contributed by atoms with Crippen LogP contribution in [0.3, 0.4) is 0 Å². The second-order valence-electron chi connectivity index (χ2n) is 8.48. The van der Waals surface area contributed by atoms with Crippen molar-refractivity contribution in [1.29, 1.82) is 0 Å². The molecule has 0 saturated heterocycles. The molecule has 4 N–H and O–H groups in total. The van der Waals surface area contributed by atoms with Crippen LogP contribution in [0, 0.1) is 5.92 Å². The van der Waals surface area contributed by atoms with Gasteiger partial charge in [-0.2, -0.15) is 0 Å². The van der Waals surface area contributed by atoms with Gasteiger partial charge in [0, 0.05) is 13.1 Å². The highest BCUT2D eigenvalue weighted by atomic mass is 16.2. The van der Waals surface area contributed by atoms with Crippen molar-refractivity contribution < 1.29 is 4.79 Å². The molecule has 1 saturated carbocycles. The second kappa shape index (κ2) is 11.9. The largest absolute Gasteiger partial charge is 0.355 e. The molecule has 4 nitrogen and oxygen atoms in total. The minimum Gasteiger partial charge on any atom is -0.355 e. The van der Waals surface area contributed by atoms with Crippen molar-refractivity contribution in [2.75, 3.05) is 13.1 Å². The Morgan fingerprint density at radius 1 is 1.03 bits per heavy atom. The third-order valence-electron chi connectivity index (χ3n) is 6.21. The van der Waals surface area contributed by atoms with Crippen LogP contribution >= 0.6 is 0 Å². The van der Waals surface area contributed by atoms with Crippen molar-refractivity contribution >= 4 is 16.7 Å². The molecule has 29 heavy (non-hydrogen) atoms. The number of carbonyl (C=O) groups is 1. The van der Waals surface area contributed by atoms with Crippen molar-refractivity contribution in [2.45, 2.75) is 70.4 Å². The molecule has 3 rings (SSSR count). The normalized spacial score (nSPS) is 16.0. The highest BCUT2D eigenvalue weighted by molar-refractivity contribution is 5.83. The van der Waals surface area contributed by atoms with E-state index in [9.17, 15) is 4.79 Å². The first kappa shape index (κ1) is 21.8. The van der Waals surface area contributed by atoms with Crippen LogP contribution in [-0.2, 0) is 11.3 Å². The summed E-state index contributed by atoms with van der Waals surface area (Å²) >= 11 is 0. The Hall–Kier alpha value is -1.91. The van der Waals surface area contributed by atoms with Crippen molar-refractivity contribution in [3.05, 3.63) is 48.0 Å². The maximum Gasteiger partial charge on any atom is 0.237 e. The van der Waals surface area contributed by atoms with Gasteiger partial charge in [0.25, 0.3) is 0 Å². The lowest BCUT2D eigenvalue weighted by Gasteiger charge is -2.23. The Labute approximate surface area is 175 Å². The van der Waals surface area contributed by atoms with Gasteiger partial charge in [-0.25, -0.2) is 0 Å². The van der Waals surface area contributed by atoms with Crippen LogP contribution in [0.15, 0.2) is 42.5 Å². The predicted octanol–water partition coefficient (Wildman–Crippen LogP) is 4.51. The van der Waals surface area contributed by atoms with Gasteiger partial charge >= 0.3 is 0 Å². The molecule has 1 unspecified atom stereocenters. The molecule has 0 radical (unpaired) electrons. The van der Waals surface area contributed by atoms with Gasteiger partial charge < -0.3 is 16.4 Å². The summed E-state index contributed by atoms with van der Waals surface area (Å²) in [6.45, 7) is 2.18. The van der Waals surface area contributed by atoms with Gasteiger partial charge in [0.05, 0.1) is 6.04 Å². The lowest BCUT2D eigenvalue weighted by Crippen LogP contribution is -2.44. The molecule has 1 fully saturated rings. The van der Waals surface area contributed by atoms with E-state index in [1.807, 2.05) is 0 Å². The summed E-state index contributed by atoms with van der Waals surface area (Å²) < 4.78 is 0. The summed E-state index contributed by atoms with van der Waals surface area (Å²) in [6, 6.07) is 14.7. The molecule has 0 aromatic heterocycles. The van der Waals surface area contributed by atoms with Crippen molar-refractivity contribution in [3.8, 4) is 0 Å². The number of hydrogen-bond acceptors (Lipinski definition) is 3. The van der Waals surface area contributed by atoms with E-state index < -0.39 is 0 Å². The molecule has 1 atom stereocenters. The Morgan fingerprint density at radius 2 is 1.83 bits per heavy atom. The summed E-state index contributed by atoms with van der Waals surface area (Å²) in [4.78, 5) is 12.8. The summed E-state index contributed by atoms with van der Waals surface area (Å²) in [5.74, 6) is 0.934. The van der Waals surface area contributed by atoms with Crippen LogP contribution < -0.4 is 16.4 Å². The zero-order chi connectivity index (χ0) is 20.3. The molecule has 2 aromatic rings. The molecule has 2 aromatic carbocycles. The van der Waals surface area contributed by atoms with E-state index in [0.29, 0.717) is 13.1 Å². The van der Waals surface area contributed by atoms with Gasteiger partial charge in [-0.15, -0.1) is 0 Å². The first-order valence-electron chi connectivity index (χ1n) is 11.4. The van der Waals surface area contributed by atoms with Gasteiger partial charge in [0.1, 0.15) is 0 Å². The Morgan fingerprint density at radius 3 is 2.62 bits per heavy atom. The number of unbranched alkanes of at least 4 members (excludes halogenated alkanes) is 1. The molecule has 1 aliphatic rings. The van der Waals surface area contributed by atoms with Gasteiger partial charge in [0.2, 0.25) is 5.91 Å². The maximum absolute atomic E-state index is 12.8. The summed E-state index contributed by atoms with van der Waals surface area (Å²) in [6.07, 6.45) is 10.6. The standard InChI is InChI=1S/C25H37N3O/c26-16-7-6-12-24(25(29)27-17-15-20-8-2-1-3-9-20)28-19-21-13-14-22-10-4-5-11-23(22)18-21/h4-5,10-11,13-14,18,20,24,28H,1-3,6-9,12,15-17,19,26H2,(H,27,29). The molecule has 1 aliphatic carbocycles. The molecule has 0 bridgehead atoms. The minimum atomic E-state index is -0.153. The fourth-order valence-corrected chi connectivity index (χ4v) is 4.41. The molecule has 4 heteroatoms. The number of hydrogen-bond donors (Lipinski definition) is 3. The highest BCUT2D eigenvalue weighted by Crippen LogP contribution is 2.25. The van der Waals surface area contributed by atoms with E-state index >= 15 is 0 Å². The maximum atomic E-state index is 12.8. The van der Waals surface area contributed by atoms with Gasteiger partial charge in [-0.05, 0) is 54.1 Å². The SMILES string of the molecule is NCCCCC(NCc1ccc2ccccc2c1)C(=O)NCCC1CCCCC1. The number of benzene rings is 2. The molecular formula is C25H37N3O. The molecule has 158 valence electrons. The number of nitrogens with two attached hydrogens (primary N) is 1. The van der Waals surface area contributed by atoms with E-state index in [1.165, 1.54) is 48.4 Å². The van der Waals surface area contributed by atoms with Crippen LogP contribution in [0.2, 0.25) is 0 Å². The number of carbonyl (C=O) groups excluding carboxylic acids is 1. The van der Waals surface area contributed by atoms with Gasteiger partial charge in [-0.3, -0.25) is 4.79 Å². The Kier molecular flexibility index (Phi) is 8.97. The first-order chi connectivity index (χ1) is 14.3. The molecule has 0 spiro atoms. The summed E-state index contributed by atoms with van der Waals surface area (Å²) in [5.41, 5.74) is 6.86. The zero-order valence-electron chi connectivity index (χ0n) is 17.7. The second-order valence-corrected chi connectivity index (χ2v) is 8.48. The number of amides is 1. The van der Waals surface area contributed by atoms with Gasteiger partial charge in [0.15, 0.2) is 0 Å². The fourth-order valence-electron chi connectivity index (χ4n) is 4.41. The highest BCUT2D eigenvalue weighted by Gasteiger charge is 2.18. The van der Waals surface area contributed by atoms with E-state index in [1.54, 1.807) is 0 Å². The van der Waals surface area contributed by atoms with Crippen molar-refractivity contribution in [1.82, 2.24) is 10.6 Å². The average Bonchev–Trinajstić information content (AvgIpc) is 2.76. The van der Waals surface area contributed by atoms with Crippen LogP contribution in [0.5, 0.6) is 0 Å². The molecular weight excluding hydrogens is 358 g/mol. The molecule has 1 amide bonds. The Bertz CT molecular complexity index is 755. The lowest BCUT2D eigenvalue weighted by atomic mass is 9.87. The third kappa shape index (κ3) is 7.13. The zero-order valence-corrected chi connectivity index (χ0v) is 17.7. The lowest BCUT2D eigenvalue weighted by molar-refractivity contribution is -0.123. The summed E-state index contributed by atoms with van der Waals surface area (Å²) in [5, 5.41) is 9.17. The number of rotatable bonds is 11. The van der Waals surface area contributed by atoms with Crippen molar-refractivity contribution in [2.24, 2.45) is 11.7 Å². The van der Waals surface area contributed by atoms with E-state index in [-0.39, 0.29) is 11.9 Å². The first-order valence-corrected chi connectivity index (χ1v) is 11.4. The smallest absolute Gasteiger partial charge is 0.237 e. The minimum absolute atomic E-state index is 0.138. The van der Waals surface area contributed by atoms with Crippen LogP contribution in [0.25, 0.3) is 10.8 Å². The van der Waals surface area contributed by atoms with Crippen LogP contribution in [-0.4, -0.2) is 25.0 Å². The number of nitrogens with one attached hydrogen (secondary N) is 2. The molecule has 0 heterocycles. The average molecular weight is 396 g/mol. The van der Waals surface area contributed by atoms with E-state index in [2.05, 4.69) is 53.1 Å². The number of fused-ring (bicyclic) bond motifs is 1. The summed E-state index contributed by atoms with van der Waals surface area (Å²) in [7, 11) is 0. The van der Waals surface area contributed by atoms with Crippen LogP contribution in [0.1, 0.15) is 63.4 Å².